The van der Waals surface area contributed by atoms with Gasteiger partial charge < -0.3 is 4.90 Å². The minimum absolute atomic E-state index is 0.120. The lowest BCUT2D eigenvalue weighted by Gasteiger charge is -2.49. The van der Waals surface area contributed by atoms with E-state index in [1.165, 1.54) is 12.1 Å². The molecule has 3 rings (SSSR count). The van der Waals surface area contributed by atoms with Gasteiger partial charge in [-0.1, -0.05) is 24.3 Å². The van der Waals surface area contributed by atoms with Crippen molar-refractivity contribution in [2.75, 3.05) is 39.8 Å². The van der Waals surface area contributed by atoms with Crippen molar-refractivity contribution in [1.82, 2.24) is 14.7 Å². The lowest BCUT2D eigenvalue weighted by molar-refractivity contribution is -0.137. The van der Waals surface area contributed by atoms with Crippen molar-refractivity contribution in [3.8, 4) is 0 Å². The summed E-state index contributed by atoms with van der Waals surface area (Å²) < 4.78 is 39.0. The zero-order valence-electron chi connectivity index (χ0n) is 16.3. The maximum absolute atomic E-state index is 13.0. The topological polar surface area (TPSA) is 26.8 Å². The minimum atomic E-state index is -4.32. The van der Waals surface area contributed by atoms with Gasteiger partial charge in [-0.05, 0) is 31.5 Å². The van der Waals surface area contributed by atoms with Crippen LogP contribution in [0.3, 0.4) is 0 Å². The van der Waals surface area contributed by atoms with Gasteiger partial charge >= 0.3 is 6.18 Å². The van der Waals surface area contributed by atoms with Gasteiger partial charge in [-0.25, -0.2) is 0 Å². The van der Waals surface area contributed by atoms with Crippen LogP contribution in [0.4, 0.5) is 13.2 Å². The van der Waals surface area contributed by atoms with Crippen LogP contribution >= 0.6 is 0 Å². The van der Waals surface area contributed by atoms with E-state index in [4.69, 9.17) is 0 Å². The smallest absolute Gasteiger partial charge is 0.339 e. The Morgan fingerprint density at radius 2 is 2.00 bits per heavy atom. The maximum Gasteiger partial charge on any atom is 0.416 e. The molecule has 2 heterocycles. The second-order valence-corrected chi connectivity index (χ2v) is 7.93. The van der Waals surface area contributed by atoms with Crippen molar-refractivity contribution in [2.45, 2.75) is 37.5 Å². The van der Waals surface area contributed by atoms with E-state index in [1.54, 1.807) is 12.1 Å². The second kappa shape index (κ2) is 8.25. The van der Waals surface area contributed by atoms with Crippen LogP contribution in [0.25, 0.3) is 0 Å². The van der Waals surface area contributed by atoms with Gasteiger partial charge in [0.15, 0.2) is 0 Å². The Hall–Kier alpha value is -1.86. The van der Waals surface area contributed by atoms with Gasteiger partial charge in [0.1, 0.15) is 0 Å². The molecule has 7 heteroatoms. The lowest BCUT2D eigenvalue weighted by atomic mass is 9.86. The Morgan fingerprint density at radius 3 is 2.71 bits per heavy atom. The van der Waals surface area contributed by atoms with Crippen molar-refractivity contribution in [3.63, 3.8) is 0 Å². The molecule has 1 spiro atoms. The summed E-state index contributed by atoms with van der Waals surface area (Å²) in [5.74, 6) is 0.153. The molecule has 1 atom stereocenters. The summed E-state index contributed by atoms with van der Waals surface area (Å²) in [6.45, 7) is 7.87. The van der Waals surface area contributed by atoms with E-state index in [1.807, 2.05) is 4.90 Å². The fourth-order valence-electron chi connectivity index (χ4n) is 4.36. The number of likely N-dealkylation sites (N-methyl/N-ethyl adjacent to an activating group) is 1. The Balaban J connectivity index is 1.72. The van der Waals surface area contributed by atoms with Crippen LogP contribution < -0.4 is 0 Å². The number of amides is 1. The highest BCUT2D eigenvalue weighted by Gasteiger charge is 2.42. The van der Waals surface area contributed by atoms with Crippen LogP contribution in [0.1, 0.15) is 30.4 Å². The fraction of sp³-hybridized carbons (Fsp3) is 0.571. The first-order chi connectivity index (χ1) is 13.2. The van der Waals surface area contributed by atoms with Gasteiger partial charge in [0.05, 0.1) is 5.56 Å². The Labute approximate surface area is 164 Å². The van der Waals surface area contributed by atoms with Gasteiger partial charge in [0, 0.05) is 51.2 Å². The van der Waals surface area contributed by atoms with E-state index in [-0.39, 0.29) is 11.4 Å². The molecule has 2 aliphatic rings. The summed E-state index contributed by atoms with van der Waals surface area (Å²) in [7, 11) is 2.09. The highest BCUT2D eigenvalue weighted by atomic mass is 19.4. The summed E-state index contributed by atoms with van der Waals surface area (Å²) in [6, 6.07) is 5.58. The average Bonchev–Trinajstić information content (AvgIpc) is 2.79. The monoisotopic (exact) mass is 395 g/mol. The molecule has 0 aliphatic carbocycles. The number of hydrogen-bond donors (Lipinski definition) is 0. The minimum Gasteiger partial charge on any atom is -0.339 e. The third kappa shape index (κ3) is 4.58. The Bertz CT molecular complexity index is 721. The number of nitrogens with zero attached hydrogens (tertiary/aromatic N) is 3. The summed E-state index contributed by atoms with van der Waals surface area (Å²) in [4.78, 5) is 18.8. The van der Waals surface area contributed by atoms with Crippen LogP contribution in [0.5, 0.6) is 0 Å². The van der Waals surface area contributed by atoms with Crippen molar-refractivity contribution >= 4 is 5.91 Å². The molecule has 2 saturated heterocycles. The lowest BCUT2D eigenvalue weighted by Crippen LogP contribution is -2.60. The normalized spacial score (nSPS) is 25.1. The number of piperazine rings is 1. The van der Waals surface area contributed by atoms with Crippen molar-refractivity contribution in [3.05, 3.63) is 48.0 Å². The largest absolute Gasteiger partial charge is 0.416 e. The van der Waals surface area contributed by atoms with Crippen molar-refractivity contribution in [2.24, 2.45) is 0 Å². The molecule has 1 aromatic carbocycles. The summed E-state index contributed by atoms with van der Waals surface area (Å²) in [5.41, 5.74) is -0.0488. The molecule has 1 unspecified atom stereocenters. The molecule has 1 aromatic rings. The molecule has 4 nitrogen and oxygen atoms in total. The summed E-state index contributed by atoms with van der Waals surface area (Å²) in [6.07, 6.45) is -0.442. The van der Waals surface area contributed by atoms with Gasteiger partial charge in [0.2, 0.25) is 5.91 Å². The summed E-state index contributed by atoms with van der Waals surface area (Å²) in [5, 5.41) is 0. The van der Waals surface area contributed by atoms with Crippen LogP contribution in [-0.4, -0.2) is 65.9 Å². The molecule has 28 heavy (non-hydrogen) atoms. The summed E-state index contributed by atoms with van der Waals surface area (Å²) >= 11 is 0. The van der Waals surface area contributed by atoms with Gasteiger partial charge in [0.25, 0.3) is 0 Å². The Kier molecular flexibility index (Phi) is 6.15. The first-order valence-corrected chi connectivity index (χ1v) is 9.72. The number of alkyl halides is 3. The van der Waals surface area contributed by atoms with E-state index in [2.05, 4.69) is 23.4 Å². The zero-order chi connectivity index (χ0) is 20.4. The number of benzene rings is 1. The molecule has 1 amide bonds. The molecular formula is C21H28F3N3O. The molecule has 2 fully saturated rings. The third-order valence-corrected chi connectivity index (χ3v) is 6.09. The standard InChI is InChI=1S/C21H28F3N3O/c1-3-10-27-11-9-20(8-7-19(27)28)16-26(13-12-25(20)2)15-17-5-4-6-18(14-17)21(22,23)24/h3-6,14H,1,7-13,15-16H2,2H3. The van der Waals surface area contributed by atoms with E-state index in [0.717, 1.165) is 38.5 Å². The molecule has 0 aromatic heterocycles. The number of carbonyl (C=O) groups excluding carboxylic acids is 1. The van der Waals surface area contributed by atoms with Gasteiger partial charge in [-0.2, -0.15) is 13.2 Å². The third-order valence-electron chi connectivity index (χ3n) is 6.09. The van der Waals surface area contributed by atoms with Gasteiger partial charge in [-0.3, -0.25) is 14.6 Å². The number of hydrogen-bond acceptors (Lipinski definition) is 3. The van der Waals surface area contributed by atoms with Crippen LogP contribution in [-0.2, 0) is 17.5 Å². The predicted octanol–water partition coefficient (Wildman–Crippen LogP) is 3.39. The quantitative estimate of drug-likeness (QED) is 0.732. The highest BCUT2D eigenvalue weighted by molar-refractivity contribution is 5.76. The van der Waals surface area contributed by atoms with Crippen molar-refractivity contribution < 1.29 is 18.0 Å². The first-order valence-electron chi connectivity index (χ1n) is 9.72. The number of rotatable bonds is 4. The van der Waals surface area contributed by atoms with E-state index < -0.39 is 11.7 Å². The average molecular weight is 395 g/mol. The molecule has 0 saturated carbocycles. The molecule has 0 bridgehead atoms. The molecule has 0 N–H and O–H groups in total. The number of halogens is 3. The Morgan fingerprint density at radius 1 is 1.21 bits per heavy atom. The maximum atomic E-state index is 13.0. The zero-order valence-corrected chi connectivity index (χ0v) is 16.3. The predicted molar refractivity (Wildman–Crippen MR) is 103 cm³/mol. The molecule has 0 radical (unpaired) electrons. The van der Waals surface area contributed by atoms with E-state index >= 15 is 0 Å². The van der Waals surface area contributed by atoms with Crippen LogP contribution in [0.2, 0.25) is 0 Å². The first kappa shape index (κ1) is 20.9. The molecule has 154 valence electrons. The highest BCUT2D eigenvalue weighted by Crippen LogP contribution is 2.33. The van der Waals surface area contributed by atoms with Crippen LogP contribution in [0, 0.1) is 0 Å². The van der Waals surface area contributed by atoms with Crippen molar-refractivity contribution in [1.29, 1.82) is 0 Å². The second-order valence-electron chi connectivity index (χ2n) is 7.93. The molecule has 2 aliphatic heterocycles. The van der Waals surface area contributed by atoms with Gasteiger partial charge in [-0.15, -0.1) is 6.58 Å². The van der Waals surface area contributed by atoms with E-state index in [0.29, 0.717) is 31.6 Å². The fourth-order valence-corrected chi connectivity index (χ4v) is 4.36. The number of likely N-dealkylation sites (tertiary alicyclic amines) is 1. The SMILES string of the molecule is C=CCN1CCC2(CCC1=O)CN(Cc1cccc(C(F)(F)F)c1)CCN2C. The number of carbonyl (C=O) groups is 1. The van der Waals surface area contributed by atoms with E-state index in [9.17, 15) is 18.0 Å². The van der Waals surface area contributed by atoms with Crippen LogP contribution in [0.15, 0.2) is 36.9 Å². The molecular weight excluding hydrogens is 367 g/mol.